The number of halogens is 2. The lowest BCUT2D eigenvalue weighted by molar-refractivity contribution is 0.287. The van der Waals surface area contributed by atoms with Crippen molar-refractivity contribution < 1.29 is 17.9 Å². The summed E-state index contributed by atoms with van der Waals surface area (Å²) in [5.74, 6) is -0.903. The van der Waals surface area contributed by atoms with Gasteiger partial charge in [0.15, 0.2) is 23.0 Å². The maximum Gasteiger partial charge on any atom is 0.295 e. The summed E-state index contributed by atoms with van der Waals surface area (Å²) in [7, 11) is 0. The third-order valence-electron chi connectivity index (χ3n) is 5.62. The molecule has 0 fully saturated rings. The molecule has 0 saturated carbocycles. The smallest absolute Gasteiger partial charge is 0.295 e. The number of benzene rings is 2. The Labute approximate surface area is 200 Å². The van der Waals surface area contributed by atoms with Crippen LogP contribution in [0.4, 0.5) is 32.1 Å². The molecule has 4 N–H and O–H groups in total. The van der Waals surface area contributed by atoms with E-state index in [1.165, 1.54) is 6.07 Å². The minimum absolute atomic E-state index is 0.0192. The van der Waals surface area contributed by atoms with Crippen LogP contribution in [-0.2, 0) is 0 Å². The Hall–Kier alpha value is -3.99. The van der Waals surface area contributed by atoms with E-state index in [9.17, 15) is 8.78 Å². The average molecular weight is 482 g/mol. The van der Waals surface area contributed by atoms with E-state index in [0.29, 0.717) is 60.3 Å². The van der Waals surface area contributed by atoms with Crippen molar-refractivity contribution in [1.82, 2.24) is 15.0 Å². The molecule has 4 aromatic rings. The van der Waals surface area contributed by atoms with Crippen molar-refractivity contribution in [2.75, 3.05) is 41.8 Å². The molecule has 0 bridgehead atoms. The van der Waals surface area contributed by atoms with Crippen molar-refractivity contribution >= 4 is 34.4 Å². The Kier molecular flexibility index (Phi) is 6.08. The van der Waals surface area contributed by atoms with Gasteiger partial charge in [0.05, 0.1) is 18.4 Å². The molecular weight excluding hydrogens is 456 g/mol. The molecule has 0 aliphatic carbocycles. The Morgan fingerprint density at radius 1 is 1.14 bits per heavy atom. The maximum atomic E-state index is 14.9. The maximum absolute atomic E-state index is 14.9. The second-order valence-electron chi connectivity index (χ2n) is 8.37. The van der Waals surface area contributed by atoms with Crippen LogP contribution in [0.5, 0.6) is 5.75 Å². The second-order valence-corrected chi connectivity index (χ2v) is 8.37. The fraction of sp³-hybridized carbons (Fsp3) is 0.292. The normalized spacial score (nSPS) is 13.1. The van der Waals surface area contributed by atoms with Gasteiger partial charge in [0, 0.05) is 30.4 Å². The van der Waals surface area contributed by atoms with Gasteiger partial charge in [-0.15, -0.1) is 0 Å². The Morgan fingerprint density at radius 2 is 2.00 bits per heavy atom. The van der Waals surface area contributed by atoms with Gasteiger partial charge in [-0.3, -0.25) is 0 Å². The minimum Gasteiger partial charge on any atom is -0.486 e. The van der Waals surface area contributed by atoms with E-state index in [0.717, 1.165) is 6.20 Å². The highest BCUT2D eigenvalue weighted by Gasteiger charge is 2.25. The van der Waals surface area contributed by atoms with E-state index < -0.39 is 11.6 Å². The van der Waals surface area contributed by atoms with Crippen LogP contribution in [0.1, 0.15) is 13.8 Å². The molecule has 1 aliphatic rings. The monoisotopic (exact) mass is 481 g/mol. The molecule has 3 heterocycles. The zero-order valence-electron chi connectivity index (χ0n) is 19.3. The van der Waals surface area contributed by atoms with E-state index in [4.69, 9.17) is 14.9 Å². The van der Waals surface area contributed by atoms with Crippen LogP contribution in [0.25, 0.3) is 22.4 Å². The number of hydrogen-bond acceptors (Lipinski definition) is 9. The zero-order chi connectivity index (χ0) is 24.5. The topological polar surface area (TPSA) is 114 Å². The lowest BCUT2D eigenvalue weighted by Crippen LogP contribution is -2.38. The third kappa shape index (κ3) is 4.54. The van der Waals surface area contributed by atoms with Gasteiger partial charge in [0.1, 0.15) is 17.8 Å². The van der Waals surface area contributed by atoms with Gasteiger partial charge in [-0.2, -0.15) is 4.98 Å². The number of fused-ring (bicyclic) bond motifs is 2. The second kappa shape index (κ2) is 9.34. The highest BCUT2D eigenvalue weighted by molar-refractivity contribution is 5.80. The van der Waals surface area contributed by atoms with Crippen LogP contribution < -0.4 is 26.0 Å². The number of hydrogen-bond donors (Lipinski definition) is 3. The summed E-state index contributed by atoms with van der Waals surface area (Å²) in [5.41, 5.74) is 8.18. The summed E-state index contributed by atoms with van der Waals surface area (Å²) in [5, 5.41) is 6.04. The van der Waals surface area contributed by atoms with Gasteiger partial charge in [-0.05, 0) is 44.2 Å². The summed E-state index contributed by atoms with van der Waals surface area (Å²) >= 11 is 0. The zero-order valence-corrected chi connectivity index (χ0v) is 19.3. The van der Waals surface area contributed by atoms with Crippen LogP contribution in [0, 0.1) is 11.6 Å². The number of ether oxygens (including phenoxy) is 1. The predicted octanol–water partition coefficient (Wildman–Crippen LogP) is 4.28. The number of nitrogens with one attached hydrogen (secondary N) is 2. The summed E-state index contributed by atoms with van der Waals surface area (Å²) in [4.78, 5) is 14.8. The van der Waals surface area contributed by atoms with E-state index in [-0.39, 0.29) is 23.4 Å². The Bertz CT molecular complexity index is 1380. The van der Waals surface area contributed by atoms with Gasteiger partial charge >= 0.3 is 0 Å². The third-order valence-corrected chi connectivity index (χ3v) is 5.62. The molecule has 2 aromatic heterocycles. The molecule has 1 aliphatic heterocycles. The number of oxazole rings is 1. The van der Waals surface area contributed by atoms with Gasteiger partial charge in [0.25, 0.3) is 6.01 Å². The lowest BCUT2D eigenvalue weighted by atomic mass is 10.1. The molecule has 5 rings (SSSR count). The van der Waals surface area contributed by atoms with Crippen LogP contribution in [0.15, 0.2) is 40.9 Å². The summed E-state index contributed by atoms with van der Waals surface area (Å²) in [6.07, 6.45) is 1.06. The molecule has 0 atom stereocenters. The fourth-order valence-corrected chi connectivity index (χ4v) is 3.99. The first-order chi connectivity index (χ1) is 16.9. The van der Waals surface area contributed by atoms with Crippen LogP contribution in [-0.4, -0.2) is 47.2 Å². The largest absolute Gasteiger partial charge is 0.486 e. The van der Waals surface area contributed by atoms with Crippen molar-refractivity contribution in [3.8, 4) is 17.0 Å². The molecule has 0 amide bonds. The summed E-state index contributed by atoms with van der Waals surface area (Å²) < 4.78 is 40.8. The molecule has 35 heavy (non-hydrogen) atoms. The molecule has 9 nitrogen and oxygen atoms in total. The van der Waals surface area contributed by atoms with E-state index in [1.54, 1.807) is 24.3 Å². The number of nitrogens with two attached hydrogens (primary N) is 1. The van der Waals surface area contributed by atoms with Gasteiger partial charge in [-0.25, -0.2) is 18.7 Å². The molecule has 0 spiro atoms. The molecule has 0 saturated heterocycles. The van der Waals surface area contributed by atoms with Gasteiger partial charge in [0.2, 0.25) is 5.95 Å². The lowest BCUT2D eigenvalue weighted by Gasteiger charge is -2.34. The van der Waals surface area contributed by atoms with Gasteiger partial charge < -0.3 is 30.4 Å². The SMILES string of the molecule is CC(C)N1CCOc2c(F)cc(-c3nc(Nc4ccc5oc(NCCN)nc5c4)ncc3F)cc21. The molecule has 2 aromatic carbocycles. The van der Waals surface area contributed by atoms with E-state index >= 15 is 0 Å². The number of anilines is 4. The first kappa shape index (κ1) is 22.8. The average Bonchev–Trinajstić information content (AvgIpc) is 3.25. The Morgan fingerprint density at radius 3 is 2.80 bits per heavy atom. The van der Waals surface area contributed by atoms with E-state index in [1.807, 2.05) is 18.7 Å². The first-order valence-corrected chi connectivity index (χ1v) is 11.3. The Balaban J connectivity index is 1.46. The fourth-order valence-electron chi connectivity index (χ4n) is 3.99. The number of rotatable bonds is 7. The van der Waals surface area contributed by atoms with Gasteiger partial charge in [-0.1, -0.05) is 0 Å². The molecule has 182 valence electrons. The first-order valence-electron chi connectivity index (χ1n) is 11.3. The van der Waals surface area contributed by atoms with Crippen molar-refractivity contribution in [3.05, 3.63) is 48.2 Å². The summed E-state index contributed by atoms with van der Waals surface area (Å²) in [6.45, 7) is 6.01. The standard InChI is InChI=1S/C24H25F2N7O2/c1-13(2)33-7-8-34-22-16(25)9-14(10-19(22)33)21-17(26)12-29-23(32-21)30-15-3-4-20-18(11-15)31-24(35-20)28-6-5-27/h3-4,9-13H,5-8,27H2,1-2H3,(H,28,31)(H,29,30,32). The van der Waals surface area contributed by atoms with Crippen molar-refractivity contribution in [2.45, 2.75) is 19.9 Å². The quantitative estimate of drug-likeness (QED) is 0.356. The number of nitrogens with zero attached hydrogens (tertiary/aromatic N) is 4. The van der Waals surface area contributed by atoms with E-state index in [2.05, 4.69) is 25.6 Å². The van der Waals surface area contributed by atoms with Crippen molar-refractivity contribution in [2.24, 2.45) is 5.73 Å². The highest BCUT2D eigenvalue weighted by atomic mass is 19.1. The predicted molar refractivity (Wildman–Crippen MR) is 130 cm³/mol. The van der Waals surface area contributed by atoms with Crippen LogP contribution in [0.2, 0.25) is 0 Å². The minimum atomic E-state index is -0.662. The molecule has 0 unspecified atom stereocenters. The highest BCUT2D eigenvalue weighted by Crippen LogP contribution is 2.39. The van der Waals surface area contributed by atoms with Crippen molar-refractivity contribution in [3.63, 3.8) is 0 Å². The van der Waals surface area contributed by atoms with Crippen LogP contribution in [0.3, 0.4) is 0 Å². The van der Waals surface area contributed by atoms with Crippen molar-refractivity contribution in [1.29, 1.82) is 0 Å². The molecule has 0 radical (unpaired) electrons. The summed E-state index contributed by atoms with van der Waals surface area (Å²) in [6, 6.07) is 8.70. The van der Waals surface area contributed by atoms with Crippen LogP contribution >= 0.6 is 0 Å². The number of aromatic nitrogens is 3. The molecule has 11 heteroatoms. The molecular formula is C24H25F2N7O2.